The minimum Gasteiger partial charge on any atom is -0.481 e. The molecular weight excluding hydrogens is 639 g/mol. The maximum atomic E-state index is 12.9. The second kappa shape index (κ2) is 12.6. The van der Waals surface area contributed by atoms with Crippen LogP contribution in [-0.4, -0.2) is 55.9 Å². The van der Waals surface area contributed by atoms with Crippen molar-refractivity contribution in [3.8, 4) is 28.3 Å². The number of carbonyl (C=O) groups is 1. The molecule has 10 nitrogen and oxygen atoms in total. The molecule has 5 aromatic rings. The van der Waals surface area contributed by atoms with Crippen LogP contribution < -0.4 is 15.6 Å². The third-order valence-electron chi connectivity index (χ3n) is 9.32. The molecule has 3 aromatic heterocycles. The summed E-state index contributed by atoms with van der Waals surface area (Å²) in [6.45, 7) is 1.47. The van der Waals surface area contributed by atoms with Gasteiger partial charge in [0, 0.05) is 46.9 Å². The molecular formula is C35H32Cl2N6O4. The molecule has 2 aromatic carbocycles. The average molecular weight is 672 g/mol. The highest BCUT2D eigenvalue weighted by atomic mass is 35.5. The first kappa shape index (κ1) is 31.1. The van der Waals surface area contributed by atoms with Crippen LogP contribution in [0, 0.1) is 5.92 Å². The van der Waals surface area contributed by atoms with E-state index in [4.69, 9.17) is 32.9 Å². The predicted octanol–water partition coefficient (Wildman–Crippen LogP) is 6.90. The summed E-state index contributed by atoms with van der Waals surface area (Å²) in [5.41, 5.74) is 5.41. The van der Waals surface area contributed by atoms with Crippen LogP contribution in [0.5, 0.6) is 5.88 Å². The second-order valence-corrected chi connectivity index (χ2v) is 12.7. The van der Waals surface area contributed by atoms with E-state index in [9.17, 15) is 14.7 Å². The molecule has 0 unspecified atom stereocenters. The number of likely N-dealkylation sites (tertiary alicyclic amines) is 1. The molecule has 1 fully saturated rings. The first-order chi connectivity index (χ1) is 22.7. The Bertz CT molecular complexity index is 2090. The van der Waals surface area contributed by atoms with Crippen molar-refractivity contribution >= 4 is 51.4 Å². The number of nitrogens with zero attached hydrogens (tertiary/aromatic N) is 5. The van der Waals surface area contributed by atoms with Crippen molar-refractivity contribution in [1.82, 2.24) is 24.6 Å². The van der Waals surface area contributed by atoms with Gasteiger partial charge in [0.1, 0.15) is 5.82 Å². The van der Waals surface area contributed by atoms with Gasteiger partial charge in [-0.05, 0) is 62.5 Å². The fourth-order valence-electron chi connectivity index (χ4n) is 6.87. The number of aryl methyl sites for hydroxylation is 2. The largest absolute Gasteiger partial charge is 0.481 e. The first-order valence-corrected chi connectivity index (χ1v) is 16.2. The predicted molar refractivity (Wildman–Crippen MR) is 183 cm³/mol. The summed E-state index contributed by atoms with van der Waals surface area (Å²) in [5.74, 6) is -0.0516. The van der Waals surface area contributed by atoms with Crippen LogP contribution in [0.2, 0.25) is 10.0 Å². The maximum absolute atomic E-state index is 12.9. The Balaban J connectivity index is 1.22. The van der Waals surface area contributed by atoms with Gasteiger partial charge in [0.15, 0.2) is 0 Å². The van der Waals surface area contributed by atoms with Gasteiger partial charge in [0.2, 0.25) is 5.88 Å². The Hall–Kier alpha value is -4.51. The van der Waals surface area contributed by atoms with E-state index in [2.05, 4.69) is 26.4 Å². The van der Waals surface area contributed by atoms with Crippen molar-refractivity contribution in [3.63, 3.8) is 0 Å². The van der Waals surface area contributed by atoms with Crippen LogP contribution >= 0.6 is 23.2 Å². The molecule has 0 bridgehead atoms. The zero-order chi connectivity index (χ0) is 32.8. The average Bonchev–Trinajstić information content (AvgIpc) is 3.51. The van der Waals surface area contributed by atoms with Gasteiger partial charge < -0.3 is 15.2 Å². The molecule has 2 aliphatic rings. The zero-order valence-corrected chi connectivity index (χ0v) is 27.3. The second-order valence-electron chi connectivity index (χ2n) is 11.9. The summed E-state index contributed by atoms with van der Waals surface area (Å²) in [7, 11) is 3.23. The molecule has 1 atom stereocenters. The van der Waals surface area contributed by atoms with Gasteiger partial charge in [-0.2, -0.15) is 5.10 Å². The number of aromatic nitrogens is 4. The Morgan fingerprint density at radius 3 is 2.49 bits per heavy atom. The molecule has 1 saturated heterocycles. The third-order valence-corrected chi connectivity index (χ3v) is 10.1. The van der Waals surface area contributed by atoms with Gasteiger partial charge in [-0.3, -0.25) is 14.5 Å². The van der Waals surface area contributed by atoms with Crippen molar-refractivity contribution < 1.29 is 14.6 Å². The number of nitrogens with one attached hydrogen (secondary N) is 1. The summed E-state index contributed by atoms with van der Waals surface area (Å²) in [5, 5.41) is 18.8. The highest BCUT2D eigenvalue weighted by Crippen LogP contribution is 2.46. The van der Waals surface area contributed by atoms with E-state index in [-0.39, 0.29) is 17.5 Å². The van der Waals surface area contributed by atoms with Crippen molar-refractivity contribution in [2.24, 2.45) is 13.0 Å². The SMILES string of the molecule is COc1nc(-c2cccc(-c3cccc(Nc4nccc5cnn(C)c(=O)c45)c3Cl)c2Cl)cc2c1[C@@H](N1CCC(C(=O)O)CC1)CC2. The number of hydrogen-bond donors (Lipinski definition) is 2. The number of hydrogen-bond acceptors (Lipinski definition) is 8. The number of rotatable bonds is 7. The maximum Gasteiger partial charge on any atom is 0.306 e. The Labute approximate surface area is 280 Å². The molecule has 0 amide bonds. The fraction of sp³-hybridized carbons (Fsp3) is 0.286. The Morgan fingerprint density at radius 2 is 1.74 bits per heavy atom. The molecule has 4 heterocycles. The number of anilines is 2. The lowest BCUT2D eigenvalue weighted by Crippen LogP contribution is -2.38. The number of ether oxygens (including phenoxy) is 1. The van der Waals surface area contributed by atoms with E-state index < -0.39 is 5.97 Å². The lowest BCUT2D eigenvalue weighted by atomic mass is 9.94. The molecule has 1 aliphatic heterocycles. The fourth-order valence-corrected chi connectivity index (χ4v) is 7.47. The number of benzene rings is 2. The minimum absolute atomic E-state index is 0.139. The molecule has 1 aliphatic carbocycles. The summed E-state index contributed by atoms with van der Waals surface area (Å²) >= 11 is 14.1. The first-order valence-electron chi connectivity index (χ1n) is 15.5. The van der Waals surface area contributed by atoms with E-state index in [0.717, 1.165) is 48.2 Å². The highest BCUT2D eigenvalue weighted by Gasteiger charge is 2.36. The van der Waals surface area contributed by atoms with Crippen molar-refractivity contribution in [3.05, 3.63) is 92.5 Å². The molecule has 12 heteroatoms. The lowest BCUT2D eigenvalue weighted by Gasteiger charge is -2.35. The number of methoxy groups -OCH3 is 1. The van der Waals surface area contributed by atoms with Gasteiger partial charge in [-0.25, -0.2) is 14.6 Å². The van der Waals surface area contributed by atoms with E-state index in [1.807, 2.05) is 36.4 Å². The van der Waals surface area contributed by atoms with Crippen molar-refractivity contribution in [2.75, 3.05) is 25.5 Å². The lowest BCUT2D eigenvalue weighted by molar-refractivity contribution is -0.143. The molecule has 0 radical (unpaired) electrons. The number of aliphatic carboxylic acids is 1. The van der Waals surface area contributed by atoms with Crippen molar-refractivity contribution in [2.45, 2.75) is 31.7 Å². The summed E-state index contributed by atoms with van der Waals surface area (Å²) in [4.78, 5) is 36.1. The van der Waals surface area contributed by atoms with Crippen LogP contribution in [0.3, 0.4) is 0 Å². The number of halogens is 2. The van der Waals surface area contributed by atoms with Gasteiger partial charge in [0.05, 0.1) is 46.0 Å². The van der Waals surface area contributed by atoms with Gasteiger partial charge in [-0.1, -0.05) is 53.5 Å². The topological polar surface area (TPSA) is 122 Å². The van der Waals surface area contributed by atoms with E-state index >= 15 is 0 Å². The standard InChI is InChI=1S/C35H32Cl2N6O4/c1-42-34(44)29-21(18-39-42)11-14-38-32(29)40-25-8-4-6-23(31(25)37)22-5-3-7-24(30(22)36)26-17-20-9-10-27(28(20)33(41-26)47-2)43-15-12-19(13-16-43)35(45)46/h3-8,11,14,17-19,27H,9-10,12-13,15-16H2,1-2H3,(H,38,40)(H,45,46)/t27-/m0/s1. The number of carboxylic acids is 1. The van der Waals surface area contributed by atoms with Gasteiger partial charge >= 0.3 is 5.97 Å². The van der Waals surface area contributed by atoms with Crippen LogP contribution in [0.1, 0.15) is 36.4 Å². The van der Waals surface area contributed by atoms with Crippen LogP contribution in [-0.2, 0) is 18.3 Å². The molecule has 47 heavy (non-hydrogen) atoms. The number of carboxylic acid groups (broad SMARTS) is 1. The van der Waals surface area contributed by atoms with Crippen LogP contribution in [0.4, 0.5) is 11.5 Å². The highest BCUT2D eigenvalue weighted by molar-refractivity contribution is 6.39. The minimum atomic E-state index is -0.713. The van der Waals surface area contributed by atoms with E-state index in [0.29, 0.717) is 62.3 Å². The van der Waals surface area contributed by atoms with Crippen LogP contribution in [0.15, 0.2) is 65.7 Å². The summed E-state index contributed by atoms with van der Waals surface area (Å²) in [6.07, 6.45) is 6.31. The Kier molecular flexibility index (Phi) is 8.34. The number of fused-ring (bicyclic) bond motifs is 2. The summed E-state index contributed by atoms with van der Waals surface area (Å²) in [6, 6.07) is 15.3. The molecule has 7 rings (SSSR count). The molecule has 0 spiro atoms. The van der Waals surface area contributed by atoms with E-state index in [1.165, 1.54) is 4.68 Å². The zero-order valence-electron chi connectivity index (χ0n) is 25.8. The Morgan fingerprint density at radius 1 is 1.02 bits per heavy atom. The summed E-state index contributed by atoms with van der Waals surface area (Å²) < 4.78 is 7.12. The van der Waals surface area contributed by atoms with Gasteiger partial charge in [0.25, 0.3) is 5.56 Å². The number of pyridine rings is 2. The van der Waals surface area contributed by atoms with E-state index in [1.54, 1.807) is 32.6 Å². The quantitative estimate of drug-likeness (QED) is 0.190. The normalized spacial score (nSPS) is 16.7. The monoisotopic (exact) mass is 670 g/mol. The van der Waals surface area contributed by atoms with Crippen LogP contribution in [0.25, 0.3) is 33.2 Å². The molecule has 240 valence electrons. The molecule has 0 saturated carbocycles. The smallest absolute Gasteiger partial charge is 0.306 e. The van der Waals surface area contributed by atoms with Crippen molar-refractivity contribution in [1.29, 1.82) is 0 Å². The third kappa shape index (κ3) is 5.60. The molecule has 2 N–H and O–H groups in total. The van der Waals surface area contributed by atoms with Gasteiger partial charge in [-0.15, -0.1) is 0 Å². The number of piperidine rings is 1.